The van der Waals surface area contributed by atoms with Crippen LogP contribution in [-0.4, -0.2) is 19.6 Å². The Kier molecular flexibility index (Phi) is 7.32. The number of anilines is 1. The molecule has 0 saturated carbocycles. The number of amides is 1. The van der Waals surface area contributed by atoms with Gasteiger partial charge in [0.05, 0.1) is 24.4 Å². The van der Waals surface area contributed by atoms with E-state index < -0.39 is 0 Å². The minimum absolute atomic E-state index is 0.126. The number of rotatable bonds is 9. The summed E-state index contributed by atoms with van der Waals surface area (Å²) in [6, 6.07) is 15.2. The molecule has 0 aliphatic heterocycles. The SMILES string of the molecule is COc1cc(CNCc2ccco2)cc(Br)c1OCC(=O)Nc1ccc(C)cc1. The van der Waals surface area contributed by atoms with Gasteiger partial charge in [0.15, 0.2) is 18.1 Å². The summed E-state index contributed by atoms with van der Waals surface area (Å²) in [5.74, 6) is 1.67. The number of furan rings is 1. The molecule has 152 valence electrons. The summed E-state index contributed by atoms with van der Waals surface area (Å²) in [5.41, 5.74) is 2.87. The van der Waals surface area contributed by atoms with E-state index in [9.17, 15) is 4.79 Å². The lowest BCUT2D eigenvalue weighted by Crippen LogP contribution is -2.20. The lowest BCUT2D eigenvalue weighted by molar-refractivity contribution is -0.118. The molecule has 0 aliphatic rings. The van der Waals surface area contributed by atoms with Gasteiger partial charge in [-0.15, -0.1) is 0 Å². The fraction of sp³-hybridized carbons (Fsp3) is 0.227. The zero-order chi connectivity index (χ0) is 20.6. The Morgan fingerprint density at radius 3 is 2.62 bits per heavy atom. The third-order valence-corrected chi connectivity index (χ3v) is 4.77. The van der Waals surface area contributed by atoms with Crippen molar-refractivity contribution in [1.82, 2.24) is 5.32 Å². The Morgan fingerprint density at radius 2 is 1.93 bits per heavy atom. The molecule has 2 aromatic carbocycles. The number of ether oxygens (including phenoxy) is 2. The van der Waals surface area contributed by atoms with Crippen LogP contribution in [-0.2, 0) is 17.9 Å². The molecule has 0 spiro atoms. The Balaban J connectivity index is 1.58. The number of carbonyl (C=O) groups is 1. The fourth-order valence-electron chi connectivity index (χ4n) is 2.73. The number of benzene rings is 2. The van der Waals surface area contributed by atoms with Gasteiger partial charge in [-0.05, 0) is 64.8 Å². The van der Waals surface area contributed by atoms with Crippen LogP contribution in [0.5, 0.6) is 11.5 Å². The number of hydrogen-bond donors (Lipinski definition) is 2. The summed E-state index contributed by atoms with van der Waals surface area (Å²) in [7, 11) is 1.57. The largest absolute Gasteiger partial charge is 0.493 e. The van der Waals surface area contributed by atoms with Crippen molar-refractivity contribution in [2.45, 2.75) is 20.0 Å². The van der Waals surface area contributed by atoms with Crippen molar-refractivity contribution >= 4 is 27.5 Å². The highest BCUT2D eigenvalue weighted by molar-refractivity contribution is 9.10. The second kappa shape index (κ2) is 10.1. The first-order valence-corrected chi connectivity index (χ1v) is 9.93. The summed E-state index contributed by atoms with van der Waals surface area (Å²) in [4.78, 5) is 12.2. The lowest BCUT2D eigenvalue weighted by Gasteiger charge is -2.15. The first-order chi connectivity index (χ1) is 14.0. The second-order valence-electron chi connectivity index (χ2n) is 6.49. The normalized spacial score (nSPS) is 10.6. The zero-order valence-corrected chi connectivity index (χ0v) is 17.9. The highest BCUT2D eigenvalue weighted by Gasteiger charge is 2.14. The van der Waals surface area contributed by atoms with Crippen molar-refractivity contribution < 1.29 is 18.7 Å². The zero-order valence-electron chi connectivity index (χ0n) is 16.3. The number of carbonyl (C=O) groups excluding carboxylic acids is 1. The van der Waals surface area contributed by atoms with Gasteiger partial charge in [0.25, 0.3) is 5.91 Å². The molecule has 0 atom stereocenters. The van der Waals surface area contributed by atoms with Crippen molar-refractivity contribution in [2.75, 3.05) is 19.0 Å². The van der Waals surface area contributed by atoms with Crippen LogP contribution in [0.4, 0.5) is 5.69 Å². The topological polar surface area (TPSA) is 72.7 Å². The average Bonchev–Trinajstić information content (AvgIpc) is 3.22. The van der Waals surface area contributed by atoms with Crippen molar-refractivity contribution in [1.29, 1.82) is 0 Å². The van der Waals surface area contributed by atoms with Crippen LogP contribution < -0.4 is 20.1 Å². The molecular formula is C22H23BrN2O4. The van der Waals surface area contributed by atoms with Gasteiger partial charge in [-0.2, -0.15) is 0 Å². The van der Waals surface area contributed by atoms with Gasteiger partial charge in [0.2, 0.25) is 0 Å². The molecular weight excluding hydrogens is 436 g/mol. The van der Waals surface area contributed by atoms with Crippen molar-refractivity contribution in [3.63, 3.8) is 0 Å². The first-order valence-electron chi connectivity index (χ1n) is 9.14. The maximum atomic E-state index is 12.2. The molecule has 0 fully saturated rings. The number of halogens is 1. The predicted octanol–water partition coefficient (Wildman–Crippen LogP) is 4.67. The minimum Gasteiger partial charge on any atom is -0.493 e. The molecule has 3 rings (SSSR count). The Hall–Kier alpha value is -2.77. The summed E-state index contributed by atoms with van der Waals surface area (Å²) >= 11 is 3.51. The summed E-state index contributed by atoms with van der Waals surface area (Å²) in [6.07, 6.45) is 1.65. The first kappa shape index (κ1) is 21.0. The summed E-state index contributed by atoms with van der Waals surface area (Å²) in [5, 5.41) is 6.12. The van der Waals surface area contributed by atoms with Crippen LogP contribution in [0.1, 0.15) is 16.9 Å². The molecule has 0 bridgehead atoms. The highest BCUT2D eigenvalue weighted by atomic mass is 79.9. The molecule has 0 aliphatic carbocycles. The molecule has 0 unspecified atom stereocenters. The Bertz CT molecular complexity index is 940. The molecule has 7 heteroatoms. The van der Waals surface area contributed by atoms with Crippen LogP contribution in [0.2, 0.25) is 0 Å². The Labute approximate surface area is 178 Å². The van der Waals surface area contributed by atoms with Crippen LogP contribution in [0, 0.1) is 6.92 Å². The third kappa shape index (κ3) is 6.10. The van der Waals surface area contributed by atoms with Crippen LogP contribution in [0.15, 0.2) is 63.7 Å². The summed E-state index contributed by atoms with van der Waals surface area (Å²) in [6.45, 7) is 3.13. The smallest absolute Gasteiger partial charge is 0.262 e. The molecule has 0 radical (unpaired) electrons. The van der Waals surface area contributed by atoms with Gasteiger partial charge in [0, 0.05) is 12.2 Å². The monoisotopic (exact) mass is 458 g/mol. The second-order valence-corrected chi connectivity index (χ2v) is 7.35. The molecule has 29 heavy (non-hydrogen) atoms. The van der Waals surface area contributed by atoms with Gasteiger partial charge in [-0.1, -0.05) is 17.7 Å². The molecule has 1 aromatic heterocycles. The highest BCUT2D eigenvalue weighted by Crippen LogP contribution is 2.36. The Morgan fingerprint density at radius 1 is 1.14 bits per heavy atom. The quantitative estimate of drug-likeness (QED) is 0.487. The van der Waals surface area contributed by atoms with Gasteiger partial charge in [-0.3, -0.25) is 4.79 Å². The number of hydrogen-bond acceptors (Lipinski definition) is 5. The van der Waals surface area contributed by atoms with Gasteiger partial charge in [-0.25, -0.2) is 0 Å². The maximum absolute atomic E-state index is 12.2. The minimum atomic E-state index is -0.244. The van der Waals surface area contributed by atoms with E-state index in [0.717, 1.165) is 27.0 Å². The van der Waals surface area contributed by atoms with E-state index in [1.54, 1.807) is 13.4 Å². The van der Waals surface area contributed by atoms with E-state index in [1.807, 2.05) is 55.5 Å². The standard InChI is InChI=1S/C22H23BrN2O4/c1-15-5-7-17(8-6-15)25-21(26)14-29-22-19(23)10-16(11-20(22)27-2)12-24-13-18-4-3-9-28-18/h3-11,24H,12-14H2,1-2H3,(H,25,26). The summed E-state index contributed by atoms with van der Waals surface area (Å²) < 4.78 is 17.2. The molecule has 0 saturated heterocycles. The molecule has 1 amide bonds. The predicted molar refractivity (Wildman–Crippen MR) is 115 cm³/mol. The number of aryl methyl sites for hydroxylation is 1. The van der Waals surface area contributed by atoms with Crippen LogP contribution in [0.3, 0.4) is 0 Å². The van der Waals surface area contributed by atoms with Crippen molar-refractivity contribution in [3.05, 3.63) is 76.2 Å². The molecule has 3 aromatic rings. The van der Waals surface area contributed by atoms with E-state index in [1.165, 1.54) is 0 Å². The maximum Gasteiger partial charge on any atom is 0.262 e. The van der Waals surface area contributed by atoms with Gasteiger partial charge < -0.3 is 24.5 Å². The van der Waals surface area contributed by atoms with E-state index in [0.29, 0.717) is 24.6 Å². The van der Waals surface area contributed by atoms with E-state index in [4.69, 9.17) is 13.9 Å². The van der Waals surface area contributed by atoms with Crippen LogP contribution in [0.25, 0.3) is 0 Å². The fourth-order valence-corrected chi connectivity index (χ4v) is 3.33. The van der Waals surface area contributed by atoms with Crippen LogP contribution >= 0.6 is 15.9 Å². The number of methoxy groups -OCH3 is 1. The lowest BCUT2D eigenvalue weighted by atomic mass is 10.2. The molecule has 6 nitrogen and oxygen atoms in total. The third-order valence-electron chi connectivity index (χ3n) is 4.18. The van der Waals surface area contributed by atoms with E-state index in [2.05, 4.69) is 26.6 Å². The van der Waals surface area contributed by atoms with Crippen molar-refractivity contribution in [2.24, 2.45) is 0 Å². The van der Waals surface area contributed by atoms with Gasteiger partial charge in [0.1, 0.15) is 5.76 Å². The van der Waals surface area contributed by atoms with Crippen molar-refractivity contribution in [3.8, 4) is 11.5 Å². The molecule has 1 heterocycles. The molecule has 2 N–H and O–H groups in total. The van der Waals surface area contributed by atoms with E-state index >= 15 is 0 Å². The number of nitrogens with one attached hydrogen (secondary N) is 2. The average molecular weight is 459 g/mol. The van der Waals surface area contributed by atoms with Gasteiger partial charge >= 0.3 is 0 Å². The van der Waals surface area contributed by atoms with E-state index in [-0.39, 0.29) is 12.5 Å².